The number of aromatic nitrogens is 1. The molecule has 3 aromatic rings. The molecule has 6 heteroatoms. The van der Waals surface area contributed by atoms with Gasteiger partial charge >= 0.3 is 0 Å². The molecule has 0 spiro atoms. The van der Waals surface area contributed by atoms with E-state index in [0.29, 0.717) is 17.2 Å². The third-order valence-electron chi connectivity index (χ3n) is 4.88. The Morgan fingerprint density at radius 1 is 0.923 bits per heavy atom. The molecule has 2 aromatic carbocycles. The topological polar surface area (TPSA) is 51.8 Å². The first-order valence-corrected chi connectivity index (χ1v) is 8.04. The molecule has 0 atom stereocenters. The molecule has 5 nitrogen and oxygen atoms in total. The molecule has 0 saturated carbocycles. The van der Waals surface area contributed by atoms with Crippen molar-refractivity contribution >= 4 is 10.8 Å². The van der Waals surface area contributed by atoms with Crippen molar-refractivity contribution in [2.45, 2.75) is 6.42 Å². The SMILES string of the molecule is COc1cc2c(cc1O)Cc1c-2[n+](C)cc2cc(OC)c(OC)cc12.[Cl-]. The highest BCUT2D eigenvalue weighted by molar-refractivity contribution is 5.94. The maximum Gasteiger partial charge on any atom is 0.216 e. The van der Waals surface area contributed by atoms with Crippen molar-refractivity contribution < 1.29 is 36.3 Å². The first kappa shape index (κ1) is 18.1. The Labute approximate surface area is 158 Å². The molecule has 0 saturated heterocycles. The number of fused-ring (bicyclic) bond motifs is 5. The highest BCUT2D eigenvalue weighted by Gasteiger charge is 2.31. The normalized spacial score (nSPS) is 11.5. The number of hydrogen-bond acceptors (Lipinski definition) is 4. The number of ether oxygens (including phenoxy) is 3. The van der Waals surface area contributed by atoms with Gasteiger partial charge in [0.1, 0.15) is 7.05 Å². The van der Waals surface area contributed by atoms with Crippen LogP contribution in [0.2, 0.25) is 0 Å². The number of phenols is 1. The molecule has 0 fully saturated rings. The fourth-order valence-electron chi connectivity index (χ4n) is 3.74. The van der Waals surface area contributed by atoms with Crippen LogP contribution in [0.1, 0.15) is 11.1 Å². The van der Waals surface area contributed by atoms with E-state index >= 15 is 0 Å². The van der Waals surface area contributed by atoms with Gasteiger partial charge < -0.3 is 31.7 Å². The van der Waals surface area contributed by atoms with Crippen molar-refractivity contribution in [1.82, 2.24) is 0 Å². The summed E-state index contributed by atoms with van der Waals surface area (Å²) in [6, 6.07) is 7.72. The average Bonchev–Trinajstić information content (AvgIpc) is 2.98. The summed E-state index contributed by atoms with van der Waals surface area (Å²) in [7, 11) is 6.88. The Balaban J connectivity index is 0.00000196. The van der Waals surface area contributed by atoms with Crippen LogP contribution in [0.3, 0.4) is 0 Å². The molecular formula is C20H20ClNO4. The molecule has 0 aliphatic heterocycles. The van der Waals surface area contributed by atoms with E-state index in [0.717, 1.165) is 34.0 Å². The van der Waals surface area contributed by atoms with Gasteiger partial charge in [0.2, 0.25) is 5.69 Å². The van der Waals surface area contributed by atoms with Gasteiger partial charge in [0.15, 0.2) is 29.2 Å². The fraction of sp³-hybridized carbons (Fsp3) is 0.250. The van der Waals surface area contributed by atoms with Crippen molar-refractivity contribution in [1.29, 1.82) is 0 Å². The Morgan fingerprint density at radius 3 is 2.23 bits per heavy atom. The summed E-state index contributed by atoms with van der Waals surface area (Å²) in [5.41, 5.74) is 4.52. The lowest BCUT2D eigenvalue weighted by Gasteiger charge is -2.11. The van der Waals surface area contributed by atoms with Gasteiger partial charge in [-0.05, 0) is 29.8 Å². The number of aromatic hydroxyl groups is 1. The molecule has 1 aliphatic carbocycles. The van der Waals surface area contributed by atoms with Gasteiger partial charge in [0.05, 0.1) is 26.9 Å². The molecule has 136 valence electrons. The lowest BCUT2D eigenvalue weighted by Crippen LogP contribution is -3.00. The van der Waals surface area contributed by atoms with E-state index < -0.39 is 0 Å². The van der Waals surface area contributed by atoms with Crippen molar-refractivity contribution in [2.75, 3.05) is 21.3 Å². The summed E-state index contributed by atoms with van der Waals surface area (Å²) < 4.78 is 18.3. The van der Waals surface area contributed by atoms with Gasteiger partial charge in [-0.25, -0.2) is 4.57 Å². The zero-order valence-electron chi connectivity index (χ0n) is 15.1. The molecule has 1 heterocycles. The van der Waals surface area contributed by atoms with Crippen LogP contribution in [0.4, 0.5) is 0 Å². The minimum Gasteiger partial charge on any atom is -1.00 e. The lowest BCUT2D eigenvalue weighted by atomic mass is 10.0. The van der Waals surface area contributed by atoms with Crippen LogP contribution in [-0.2, 0) is 13.5 Å². The van der Waals surface area contributed by atoms with Crippen molar-refractivity contribution in [3.8, 4) is 34.3 Å². The van der Waals surface area contributed by atoms with Crippen LogP contribution in [0, 0.1) is 0 Å². The molecule has 1 aliphatic rings. The third-order valence-corrected chi connectivity index (χ3v) is 4.88. The number of phenolic OH excluding ortho intramolecular Hbond substituents is 1. The highest BCUT2D eigenvalue weighted by Crippen LogP contribution is 2.44. The van der Waals surface area contributed by atoms with E-state index in [4.69, 9.17) is 14.2 Å². The predicted molar refractivity (Wildman–Crippen MR) is 94.7 cm³/mol. The van der Waals surface area contributed by atoms with Crippen molar-refractivity contribution in [3.05, 3.63) is 41.6 Å². The first-order valence-electron chi connectivity index (χ1n) is 8.04. The van der Waals surface area contributed by atoms with Gasteiger partial charge in [0, 0.05) is 22.8 Å². The number of rotatable bonds is 3. The second-order valence-corrected chi connectivity index (χ2v) is 6.22. The number of aryl methyl sites for hydroxylation is 1. The van der Waals surface area contributed by atoms with Crippen molar-refractivity contribution in [2.24, 2.45) is 7.05 Å². The van der Waals surface area contributed by atoms with Crippen molar-refractivity contribution in [3.63, 3.8) is 0 Å². The zero-order valence-corrected chi connectivity index (χ0v) is 15.8. The number of benzene rings is 2. The standard InChI is InChI=1S/C20H19NO4.ClH/c1-21-10-12-7-18(24-3)19(25-4)8-13(12)15-5-11-6-16(22)17(23-2)9-14(11)20(15)21;/h6-10H,5H2,1-4H3;1H. The third kappa shape index (κ3) is 2.51. The second-order valence-electron chi connectivity index (χ2n) is 6.22. The molecule has 26 heavy (non-hydrogen) atoms. The number of nitrogens with zero attached hydrogens (tertiary/aromatic N) is 1. The van der Waals surface area contributed by atoms with Gasteiger partial charge in [-0.3, -0.25) is 0 Å². The number of pyridine rings is 1. The Hall–Kier alpha value is -2.66. The molecule has 1 N–H and O–H groups in total. The maximum atomic E-state index is 10.1. The van der Waals surface area contributed by atoms with E-state index in [1.165, 1.54) is 5.56 Å². The van der Waals surface area contributed by atoms with Crippen LogP contribution in [0.5, 0.6) is 23.0 Å². The fourth-order valence-corrected chi connectivity index (χ4v) is 3.74. The van der Waals surface area contributed by atoms with Gasteiger partial charge in [-0.2, -0.15) is 0 Å². The van der Waals surface area contributed by atoms with Gasteiger partial charge in [0.25, 0.3) is 0 Å². The summed E-state index contributed by atoms with van der Waals surface area (Å²) in [5, 5.41) is 12.3. The smallest absolute Gasteiger partial charge is 0.216 e. The van der Waals surface area contributed by atoms with E-state index in [1.807, 2.05) is 25.2 Å². The van der Waals surface area contributed by atoms with E-state index in [-0.39, 0.29) is 18.2 Å². The minimum atomic E-state index is 0. The molecule has 0 radical (unpaired) electrons. The van der Waals surface area contributed by atoms with Crippen LogP contribution in [-0.4, -0.2) is 26.4 Å². The van der Waals surface area contributed by atoms with E-state index in [1.54, 1.807) is 27.4 Å². The largest absolute Gasteiger partial charge is 1.00 e. The Morgan fingerprint density at radius 2 is 1.58 bits per heavy atom. The molecule has 4 rings (SSSR count). The monoisotopic (exact) mass is 373 g/mol. The van der Waals surface area contributed by atoms with E-state index in [9.17, 15) is 5.11 Å². The Bertz CT molecular complexity index is 1020. The zero-order chi connectivity index (χ0) is 17.7. The molecule has 0 amide bonds. The number of methoxy groups -OCH3 is 3. The van der Waals surface area contributed by atoms with Gasteiger partial charge in [-0.1, -0.05) is 0 Å². The summed E-state index contributed by atoms with van der Waals surface area (Å²) in [6.07, 6.45) is 2.84. The molecular weight excluding hydrogens is 354 g/mol. The summed E-state index contributed by atoms with van der Waals surface area (Å²) >= 11 is 0. The Kier molecular flexibility index (Phi) is 4.59. The quantitative estimate of drug-likeness (QED) is 0.512. The summed E-state index contributed by atoms with van der Waals surface area (Å²) in [6.45, 7) is 0. The second kappa shape index (κ2) is 6.57. The van der Waals surface area contributed by atoms with Gasteiger partial charge in [-0.15, -0.1) is 0 Å². The van der Waals surface area contributed by atoms with Crippen LogP contribution in [0.25, 0.3) is 22.0 Å². The predicted octanol–water partition coefficient (Wildman–Crippen LogP) is -0.0291. The van der Waals surface area contributed by atoms with Crippen LogP contribution >= 0.6 is 0 Å². The summed E-state index contributed by atoms with van der Waals surface area (Å²) in [5.74, 6) is 2.08. The molecule has 1 aromatic heterocycles. The average molecular weight is 374 g/mol. The first-order chi connectivity index (χ1) is 12.1. The number of halogens is 1. The maximum absolute atomic E-state index is 10.1. The van der Waals surface area contributed by atoms with Crippen LogP contribution in [0.15, 0.2) is 30.5 Å². The lowest BCUT2D eigenvalue weighted by molar-refractivity contribution is -0.659. The van der Waals surface area contributed by atoms with Crippen LogP contribution < -0.4 is 31.2 Å². The summed E-state index contributed by atoms with van der Waals surface area (Å²) in [4.78, 5) is 0. The molecule has 0 unspecified atom stereocenters. The minimum absolute atomic E-state index is 0. The number of hydrogen-bond donors (Lipinski definition) is 1. The molecule has 0 bridgehead atoms. The van der Waals surface area contributed by atoms with E-state index in [2.05, 4.69) is 10.8 Å². The highest BCUT2D eigenvalue weighted by atomic mass is 35.5.